The Bertz CT molecular complexity index is 1280. The van der Waals surface area contributed by atoms with Gasteiger partial charge in [-0.3, -0.25) is 14.2 Å². The third kappa shape index (κ3) is 4.63. The topological polar surface area (TPSA) is 77.2 Å². The van der Waals surface area contributed by atoms with Gasteiger partial charge in [0, 0.05) is 13.6 Å². The maximum atomic E-state index is 13.1. The summed E-state index contributed by atoms with van der Waals surface area (Å²) in [5.41, 5.74) is -2.02. The summed E-state index contributed by atoms with van der Waals surface area (Å²) >= 11 is 0. The monoisotopic (exact) mass is 446 g/mol. The Labute approximate surface area is 181 Å². The molecule has 2 aromatic carbocycles. The Morgan fingerprint density at radius 3 is 2.41 bits per heavy atom. The van der Waals surface area contributed by atoms with Crippen molar-refractivity contribution in [3.8, 4) is 5.69 Å². The molecule has 0 bridgehead atoms. The molecule has 1 heterocycles. The van der Waals surface area contributed by atoms with Gasteiger partial charge in [0.15, 0.2) is 0 Å². The predicted molar refractivity (Wildman–Crippen MR) is 112 cm³/mol. The molecule has 0 aliphatic rings. The van der Waals surface area contributed by atoms with Crippen LogP contribution in [0.5, 0.6) is 0 Å². The molecular formula is C22H21F3N4O3. The maximum absolute atomic E-state index is 13.1. The van der Waals surface area contributed by atoms with Gasteiger partial charge in [0.1, 0.15) is 0 Å². The van der Waals surface area contributed by atoms with E-state index in [9.17, 15) is 27.6 Å². The number of hydrogen-bond donors (Lipinski definition) is 0. The van der Waals surface area contributed by atoms with Crippen LogP contribution in [0.1, 0.15) is 34.1 Å². The van der Waals surface area contributed by atoms with Crippen LogP contribution < -0.4 is 11.2 Å². The van der Waals surface area contributed by atoms with E-state index >= 15 is 0 Å². The second-order valence-corrected chi connectivity index (χ2v) is 7.29. The Kier molecular flexibility index (Phi) is 6.33. The fourth-order valence-electron chi connectivity index (χ4n) is 3.07. The van der Waals surface area contributed by atoms with Crippen LogP contribution >= 0.6 is 0 Å². The van der Waals surface area contributed by atoms with Crippen molar-refractivity contribution in [2.24, 2.45) is 0 Å². The van der Waals surface area contributed by atoms with Crippen LogP contribution in [0.25, 0.3) is 5.69 Å². The summed E-state index contributed by atoms with van der Waals surface area (Å²) in [7, 11) is 1.47. The Morgan fingerprint density at radius 1 is 1.09 bits per heavy atom. The average Bonchev–Trinajstić information content (AvgIpc) is 2.75. The third-order valence-electron chi connectivity index (χ3n) is 4.92. The molecule has 0 unspecified atom stereocenters. The lowest BCUT2D eigenvalue weighted by Gasteiger charge is -2.16. The Morgan fingerprint density at radius 2 is 1.78 bits per heavy atom. The molecule has 0 saturated carbocycles. The van der Waals surface area contributed by atoms with Crippen molar-refractivity contribution in [3.05, 3.63) is 91.8 Å². The van der Waals surface area contributed by atoms with Gasteiger partial charge < -0.3 is 4.90 Å². The number of amides is 1. The van der Waals surface area contributed by atoms with Gasteiger partial charge in [-0.15, -0.1) is 0 Å². The standard InChI is InChI=1S/C22H21F3N4O3/c1-4-27(3)19(30)18-20(31)28(13-15-8-6-9-16(12-15)22(23,24)25)21(32)29(26-18)17-10-5-7-14(2)11-17/h5-12H,4,13H2,1-3H3. The highest BCUT2D eigenvalue weighted by atomic mass is 19.4. The predicted octanol–water partition coefficient (Wildman–Crippen LogP) is 2.86. The number of aryl methyl sites for hydroxylation is 1. The lowest BCUT2D eigenvalue weighted by Crippen LogP contribution is -2.46. The van der Waals surface area contributed by atoms with Gasteiger partial charge in [-0.05, 0) is 49.2 Å². The number of hydrogen-bond acceptors (Lipinski definition) is 4. The van der Waals surface area contributed by atoms with Crippen molar-refractivity contribution < 1.29 is 18.0 Å². The number of rotatable bonds is 5. The lowest BCUT2D eigenvalue weighted by molar-refractivity contribution is -0.137. The maximum Gasteiger partial charge on any atom is 0.416 e. The zero-order valence-corrected chi connectivity index (χ0v) is 17.7. The van der Waals surface area contributed by atoms with Gasteiger partial charge in [0.2, 0.25) is 5.69 Å². The van der Waals surface area contributed by atoms with E-state index in [0.29, 0.717) is 5.69 Å². The van der Waals surface area contributed by atoms with E-state index in [1.54, 1.807) is 38.1 Å². The zero-order valence-electron chi connectivity index (χ0n) is 17.7. The molecule has 32 heavy (non-hydrogen) atoms. The summed E-state index contributed by atoms with van der Waals surface area (Å²) < 4.78 is 40.9. The first-order chi connectivity index (χ1) is 15.0. The smallest absolute Gasteiger partial charge is 0.340 e. The zero-order chi connectivity index (χ0) is 23.6. The van der Waals surface area contributed by atoms with Crippen LogP contribution in [-0.4, -0.2) is 38.7 Å². The van der Waals surface area contributed by atoms with Crippen LogP contribution in [0.3, 0.4) is 0 Å². The summed E-state index contributed by atoms with van der Waals surface area (Å²) in [4.78, 5) is 40.1. The highest BCUT2D eigenvalue weighted by molar-refractivity contribution is 5.91. The van der Waals surface area contributed by atoms with Gasteiger partial charge in [-0.1, -0.05) is 24.3 Å². The summed E-state index contributed by atoms with van der Waals surface area (Å²) in [5, 5.41) is 4.01. The van der Waals surface area contributed by atoms with Crippen molar-refractivity contribution in [2.45, 2.75) is 26.6 Å². The highest BCUT2D eigenvalue weighted by Crippen LogP contribution is 2.29. The van der Waals surface area contributed by atoms with Crippen LogP contribution in [0.2, 0.25) is 0 Å². The molecule has 1 aromatic heterocycles. The molecule has 3 rings (SSSR count). The van der Waals surface area contributed by atoms with Crippen molar-refractivity contribution in [1.29, 1.82) is 0 Å². The van der Waals surface area contributed by atoms with E-state index in [0.717, 1.165) is 26.9 Å². The Hall–Kier alpha value is -3.69. The van der Waals surface area contributed by atoms with Crippen LogP contribution in [0, 0.1) is 6.92 Å². The quantitative estimate of drug-likeness (QED) is 0.604. The number of nitrogens with zero attached hydrogens (tertiary/aromatic N) is 4. The minimum atomic E-state index is -4.58. The van der Waals surface area contributed by atoms with Crippen molar-refractivity contribution in [3.63, 3.8) is 0 Å². The lowest BCUT2D eigenvalue weighted by atomic mass is 10.1. The van der Waals surface area contributed by atoms with Crippen molar-refractivity contribution >= 4 is 5.91 Å². The number of carbonyl (C=O) groups is 1. The SMILES string of the molecule is CCN(C)C(=O)c1nn(-c2cccc(C)c2)c(=O)n(Cc2cccc(C(F)(F)F)c2)c1=O. The fraction of sp³-hybridized carbons (Fsp3) is 0.273. The first-order valence-corrected chi connectivity index (χ1v) is 9.75. The number of halogens is 3. The summed E-state index contributed by atoms with van der Waals surface area (Å²) in [6.07, 6.45) is -4.58. The van der Waals surface area contributed by atoms with Gasteiger partial charge in [-0.25, -0.2) is 4.79 Å². The van der Waals surface area contributed by atoms with Gasteiger partial charge in [-0.2, -0.15) is 23.0 Å². The average molecular weight is 446 g/mol. The fourth-order valence-corrected chi connectivity index (χ4v) is 3.07. The van der Waals surface area contributed by atoms with E-state index in [-0.39, 0.29) is 12.1 Å². The molecule has 1 amide bonds. The van der Waals surface area contributed by atoms with E-state index in [1.807, 2.05) is 0 Å². The minimum Gasteiger partial charge on any atom is -0.340 e. The minimum absolute atomic E-state index is 0.0864. The van der Waals surface area contributed by atoms with Crippen molar-refractivity contribution in [1.82, 2.24) is 19.2 Å². The summed E-state index contributed by atoms with van der Waals surface area (Å²) in [6, 6.07) is 11.0. The first kappa shape index (κ1) is 23.0. The normalized spacial score (nSPS) is 11.4. The van der Waals surface area contributed by atoms with E-state index in [4.69, 9.17) is 0 Å². The molecule has 3 aromatic rings. The second kappa shape index (κ2) is 8.81. The highest BCUT2D eigenvalue weighted by Gasteiger charge is 2.30. The molecule has 168 valence electrons. The molecule has 0 N–H and O–H groups in total. The molecule has 0 aliphatic carbocycles. The van der Waals surface area contributed by atoms with Crippen LogP contribution in [0.4, 0.5) is 13.2 Å². The molecule has 10 heteroatoms. The van der Waals surface area contributed by atoms with Gasteiger partial charge >= 0.3 is 11.9 Å². The van der Waals surface area contributed by atoms with Crippen LogP contribution in [0.15, 0.2) is 58.1 Å². The number of aromatic nitrogens is 3. The molecule has 0 saturated heterocycles. The van der Waals surface area contributed by atoms with E-state index in [1.165, 1.54) is 24.1 Å². The summed E-state index contributed by atoms with van der Waals surface area (Å²) in [5.74, 6) is -0.698. The molecule has 0 spiro atoms. The van der Waals surface area contributed by atoms with Gasteiger partial charge in [0.05, 0.1) is 17.8 Å². The molecular weight excluding hydrogens is 425 g/mol. The second-order valence-electron chi connectivity index (χ2n) is 7.29. The molecule has 0 radical (unpaired) electrons. The van der Waals surface area contributed by atoms with Gasteiger partial charge in [0.25, 0.3) is 11.5 Å². The molecule has 7 nitrogen and oxygen atoms in total. The molecule has 0 aliphatic heterocycles. The molecule has 0 atom stereocenters. The number of benzene rings is 2. The number of alkyl halides is 3. The molecule has 0 fully saturated rings. The van der Waals surface area contributed by atoms with E-state index < -0.39 is 41.1 Å². The summed E-state index contributed by atoms with van der Waals surface area (Å²) in [6.45, 7) is 3.34. The van der Waals surface area contributed by atoms with Crippen LogP contribution in [-0.2, 0) is 12.7 Å². The largest absolute Gasteiger partial charge is 0.416 e. The first-order valence-electron chi connectivity index (χ1n) is 9.75. The number of carbonyl (C=O) groups excluding carboxylic acids is 1. The Balaban J connectivity index is 2.23. The van der Waals surface area contributed by atoms with Crippen molar-refractivity contribution in [2.75, 3.05) is 13.6 Å². The third-order valence-corrected chi connectivity index (χ3v) is 4.92. The van der Waals surface area contributed by atoms with E-state index in [2.05, 4.69) is 5.10 Å².